The summed E-state index contributed by atoms with van der Waals surface area (Å²) in [5, 5.41) is 5.49. The summed E-state index contributed by atoms with van der Waals surface area (Å²) in [6, 6.07) is 4.50. The number of piperidine rings is 1. The Morgan fingerprint density at radius 2 is 1.91 bits per heavy atom. The maximum Gasteiger partial charge on any atom is 0.328 e. The number of hydrogen-bond donors (Lipinski definition) is 2. The lowest BCUT2D eigenvalue weighted by Gasteiger charge is -2.28. The van der Waals surface area contributed by atoms with Gasteiger partial charge >= 0.3 is 6.03 Å². The predicted molar refractivity (Wildman–Crippen MR) is 84.0 cm³/mol. The van der Waals surface area contributed by atoms with E-state index in [-0.39, 0.29) is 37.0 Å². The Morgan fingerprint density at radius 3 is 2.55 bits per heavy atom. The molecule has 2 heterocycles. The van der Waals surface area contributed by atoms with Crippen LogP contribution in [0, 0.1) is 5.82 Å². The maximum atomic E-state index is 14.3. The minimum absolute atomic E-state index is 0. The van der Waals surface area contributed by atoms with E-state index in [9.17, 15) is 14.0 Å². The number of anilines is 1. The number of hydrogen-bond acceptors (Lipinski definition) is 3. The molecule has 0 atom stereocenters. The number of rotatable bonds is 2. The standard InChI is InChI=1S/C15H18FN3O2.ClH/c16-12-9-11(10-3-6-17-7-4-10)1-2-13(12)19-8-5-14(20)18-15(19)21;/h1-2,9-10,17H,3-8H2,(H,18,20,21);1H. The lowest BCUT2D eigenvalue weighted by atomic mass is 9.90. The highest BCUT2D eigenvalue weighted by molar-refractivity contribution is 6.05. The van der Waals surface area contributed by atoms with Crippen molar-refractivity contribution >= 4 is 30.0 Å². The molecule has 2 N–H and O–H groups in total. The van der Waals surface area contributed by atoms with Crippen LogP contribution in [0.3, 0.4) is 0 Å². The average molecular weight is 328 g/mol. The van der Waals surface area contributed by atoms with Crippen LogP contribution >= 0.6 is 12.4 Å². The highest BCUT2D eigenvalue weighted by atomic mass is 35.5. The van der Waals surface area contributed by atoms with Gasteiger partial charge < -0.3 is 5.32 Å². The summed E-state index contributed by atoms with van der Waals surface area (Å²) in [5.74, 6) is -0.356. The third-order valence-electron chi connectivity index (χ3n) is 4.13. The van der Waals surface area contributed by atoms with E-state index in [1.165, 1.54) is 11.0 Å². The maximum absolute atomic E-state index is 14.3. The van der Waals surface area contributed by atoms with Crippen molar-refractivity contribution in [2.45, 2.75) is 25.2 Å². The number of carbonyl (C=O) groups is 2. The number of benzene rings is 1. The molecule has 2 aliphatic heterocycles. The lowest BCUT2D eigenvalue weighted by Crippen LogP contribution is -2.49. The van der Waals surface area contributed by atoms with Gasteiger partial charge in [-0.2, -0.15) is 0 Å². The molecule has 0 unspecified atom stereocenters. The van der Waals surface area contributed by atoms with E-state index in [0.717, 1.165) is 31.5 Å². The Morgan fingerprint density at radius 1 is 1.18 bits per heavy atom. The number of nitrogens with one attached hydrogen (secondary N) is 2. The second-order valence-electron chi connectivity index (χ2n) is 5.49. The summed E-state index contributed by atoms with van der Waals surface area (Å²) >= 11 is 0. The van der Waals surface area contributed by atoms with Crippen LogP contribution in [0.4, 0.5) is 14.9 Å². The molecule has 7 heteroatoms. The normalized spacial score (nSPS) is 19.6. The Bertz CT molecular complexity index is 576. The second kappa shape index (κ2) is 7.07. The van der Waals surface area contributed by atoms with E-state index in [4.69, 9.17) is 0 Å². The Kier molecular flexibility index (Phi) is 5.37. The van der Waals surface area contributed by atoms with Crippen LogP contribution in [0.5, 0.6) is 0 Å². The first-order valence-electron chi connectivity index (χ1n) is 7.26. The summed E-state index contributed by atoms with van der Waals surface area (Å²) in [5.41, 5.74) is 1.21. The van der Waals surface area contributed by atoms with Gasteiger partial charge in [0.1, 0.15) is 5.82 Å². The van der Waals surface area contributed by atoms with Crippen molar-refractivity contribution in [1.29, 1.82) is 0 Å². The fraction of sp³-hybridized carbons (Fsp3) is 0.467. The van der Waals surface area contributed by atoms with Crippen molar-refractivity contribution < 1.29 is 14.0 Å². The quantitative estimate of drug-likeness (QED) is 0.875. The molecule has 3 amide bonds. The number of nitrogens with zero attached hydrogens (tertiary/aromatic N) is 1. The molecule has 0 saturated carbocycles. The van der Waals surface area contributed by atoms with E-state index in [0.29, 0.717) is 5.92 Å². The molecule has 0 spiro atoms. The van der Waals surface area contributed by atoms with Crippen LogP contribution in [0.2, 0.25) is 0 Å². The molecular formula is C15H19ClFN3O2. The van der Waals surface area contributed by atoms with Crippen LogP contribution in [-0.2, 0) is 4.79 Å². The van der Waals surface area contributed by atoms with Gasteiger partial charge in [-0.3, -0.25) is 15.0 Å². The molecular weight excluding hydrogens is 309 g/mol. The number of halogens is 2. The van der Waals surface area contributed by atoms with Crippen molar-refractivity contribution in [1.82, 2.24) is 10.6 Å². The molecule has 5 nitrogen and oxygen atoms in total. The van der Waals surface area contributed by atoms with Crippen LogP contribution in [0.15, 0.2) is 18.2 Å². The SMILES string of the molecule is Cl.O=C1CCN(c2ccc(C3CCNCC3)cc2F)C(=O)N1. The molecule has 2 fully saturated rings. The minimum atomic E-state index is -0.556. The minimum Gasteiger partial charge on any atom is -0.317 e. The largest absolute Gasteiger partial charge is 0.328 e. The highest BCUT2D eigenvalue weighted by Gasteiger charge is 2.27. The number of imide groups is 1. The first-order chi connectivity index (χ1) is 10.1. The van der Waals surface area contributed by atoms with Gasteiger partial charge in [0.05, 0.1) is 5.69 Å². The zero-order valence-corrected chi connectivity index (χ0v) is 12.9. The van der Waals surface area contributed by atoms with Crippen LogP contribution in [0.25, 0.3) is 0 Å². The first-order valence-corrected chi connectivity index (χ1v) is 7.26. The number of carbonyl (C=O) groups excluding carboxylic acids is 2. The molecule has 0 aliphatic carbocycles. The molecule has 22 heavy (non-hydrogen) atoms. The first kappa shape index (κ1) is 16.7. The van der Waals surface area contributed by atoms with E-state index in [1.54, 1.807) is 6.07 Å². The third kappa shape index (κ3) is 3.39. The predicted octanol–water partition coefficient (Wildman–Crippen LogP) is 2.16. The van der Waals surface area contributed by atoms with Crippen LogP contribution < -0.4 is 15.5 Å². The van der Waals surface area contributed by atoms with Gasteiger partial charge in [0.15, 0.2) is 0 Å². The van der Waals surface area contributed by atoms with E-state index >= 15 is 0 Å². The van der Waals surface area contributed by atoms with Crippen LogP contribution in [-0.4, -0.2) is 31.6 Å². The molecule has 1 aromatic rings. The molecule has 120 valence electrons. The van der Waals surface area contributed by atoms with Gasteiger partial charge in [0.25, 0.3) is 0 Å². The van der Waals surface area contributed by atoms with Crippen molar-refractivity contribution in [3.8, 4) is 0 Å². The van der Waals surface area contributed by atoms with Gasteiger partial charge in [-0.25, -0.2) is 9.18 Å². The molecule has 2 saturated heterocycles. The van der Waals surface area contributed by atoms with Crippen molar-refractivity contribution in [2.24, 2.45) is 0 Å². The van der Waals surface area contributed by atoms with E-state index in [1.807, 2.05) is 6.07 Å². The Labute approximate surface area is 134 Å². The number of urea groups is 1. The molecule has 3 rings (SSSR count). The summed E-state index contributed by atoms with van der Waals surface area (Å²) < 4.78 is 14.3. The fourth-order valence-electron chi connectivity index (χ4n) is 2.95. The fourth-order valence-corrected chi connectivity index (χ4v) is 2.95. The van der Waals surface area contributed by atoms with Gasteiger partial charge in [-0.1, -0.05) is 6.07 Å². The molecule has 2 aliphatic rings. The zero-order chi connectivity index (χ0) is 14.8. The highest BCUT2D eigenvalue weighted by Crippen LogP contribution is 2.29. The van der Waals surface area contributed by atoms with Crippen molar-refractivity contribution in [3.05, 3.63) is 29.6 Å². The smallest absolute Gasteiger partial charge is 0.317 e. The average Bonchev–Trinajstić information content (AvgIpc) is 2.49. The van der Waals surface area contributed by atoms with Gasteiger partial charge in [0, 0.05) is 13.0 Å². The molecule has 1 aromatic carbocycles. The van der Waals surface area contributed by atoms with Crippen LogP contribution in [0.1, 0.15) is 30.7 Å². The summed E-state index contributed by atoms with van der Waals surface area (Å²) in [6.45, 7) is 2.11. The second-order valence-corrected chi connectivity index (χ2v) is 5.49. The van der Waals surface area contributed by atoms with Gasteiger partial charge in [-0.15, -0.1) is 12.4 Å². The zero-order valence-electron chi connectivity index (χ0n) is 12.1. The third-order valence-corrected chi connectivity index (χ3v) is 4.13. The summed E-state index contributed by atoms with van der Waals surface area (Å²) in [6.07, 6.45) is 2.19. The van der Waals surface area contributed by atoms with Gasteiger partial charge in [-0.05, 0) is 49.5 Å². The summed E-state index contributed by atoms with van der Waals surface area (Å²) in [4.78, 5) is 24.2. The summed E-state index contributed by atoms with van der Waals surface area (Å²) in [7, 11) is 0. The Hall–Kier alpha value is -1.66. The van der Waals surface area contributed by atoms with E-state index in [2.05, 4.69) is 10.6 Å². The molecule has 0 aromatic heterocycles. The number of amides is 3. The van der Waals surface area contributed by atoms with Gasteiger partial charge in [0.2, 0.25) is 5.91 Å². The lowest BCUT2D eigenvalue weighted by molar-refractivity contribution is -0.120. The monoisotopic (exact) mass is 327 g/mol. The molecule has 0 bridgehead atoms. The van der Waals surface area contributed by atoms with Crippen molar-refractivity contribution in [2.75, 3.05) is 24.5 Å². The van der Waals surface area contributed by atoms with E-state index < -0.39 is 11.8 Å². The topological polar surface area (TPSA) is 61.4 Å². The van der Waals surface area contributed by atoms with Crippen molar-refractivity contribution in [3.63, 3.8) is 0 Å². The Balaban J connectivity index is 0.00000176. The molecule has 0 radical (unpaired) electrons.